The van der Waals surface area contributed by atoms with E-state index in [1.165, 1.54) is 24.9 Å². The lowest BCUT2D eigenvalue weighted by Crippen LogP contribution is -2.30. The van der Waals surface area contributed by atoms with Crippen LogP contribution in [0.2, 0.25) is 0 Å². The molecular formula is C26H30N2O2. The molecule has 0 N–H and O–H groups in total. The van der Waals surface area contributed by atoms with E-state index in [1.807, 2.05) is 26.0 Å². The molecule has 1 aliphatic rings. The van der Waals surface area contributed by atoms with Crippen molar-refractivity contribution in [2.75, 3.05) is 31.7 Å². The zero-order valence-corrected chi connectivity index (χ0v) is 18.1. The number of piperidine rings is 1. The molecule has 1 saturated heterocycles. The molecule has 0 saturated carbocycles. The highest BCUT2D eigenvalue weighted by atomic mass is 16.5. The van der Waals surface area contributed by atoms with Gasteiger partial charge in [-0.15, -0.1) is 0 Å². The molecule has 1 aliphatic heterocycles. The second-order valence-electron chi connectivity index (χ2n) is 7.71. The van der Waals surface area contributed by atoms with E-state index in [9.17, 15) is 0 Å². The molecule has 4 rings (SSSR count). The third-order valence-electron chi connectivity index (χ3n) is 5.66. The maximum Gasteiger partial charge on any atom is 0.143 e. The number of anilines is 1. The second kappa shape index (κ2) is 9.21. The quantitative estimate of drug-likeness (QED) is 0.497. The average molecular weight is 403 g/mol. The van der Waals surface area contributed by atoms with E-state index in [1.54, 1.807) is 7.11 Å². The van der Waals surface area contributed by atoms with Gasteiger partial charge < -0.3 is 14.4 Å². The predicted molar refractivity (Wildman–Crippen MR) is 124 cm³/mol. The monoisotopic (exact) mass is 402 g/mol. The van der Waals surface area contributed by atoms with Crippen molar-refractivity contribution in [3.05, 3.63) is 60.3 Å². The first-order valence-electron chi connectivity index (χ1n) is 10.8. The highest BCUT2D eigenvalue weighted by molar-refractivity contribution is 5.90. The summed E-state index contributed by atoms with van der Waals surface area (Å²) in [6.45, 7) is 6.85. The minimum Gasteiger partial charge on any atom is -0.497 e. The van der Waals surface area contributed by atoms with Gasteiger partial charge in [-0.3, -0.25) is 4.98 Å². The summed E-state index contributed by atoms with van der Waals surface area (Å²) < 4.78 is 11.4. The van der Waals surface area contributed by atoms with Crippen LogP contribution in [0.3, 0.4) is 0 Å². The van der Waals surface area contributed by atoms with Crippen LogP contribution >= 0.6 is 0 Å². The molecule has 0 aliphatic carbocycles. The summed E-state index contributed by atoms with van der Waals surface area (Å²) >= 11 is 0. The summed E-state index contributed by atoms with van der Waals surface area (Å²) in [6, 6.07) is 18.8. The van der Waals surface area contributed by atoms with E-state index in [0.717, 1.165) is 52.7 Å². The van der Waals surface area contributed by atoms with Crippen LogP contribution in [0.5, 0.6) is 11.5 Å². The fourth-order valence-electron chi connectivity index (χ4n) is 4.19. The van der Waals surface area contributed by atoms with Crippen molar-refractivity contribution in [2.24, 2.45) is 0 Å². The Morgan fingerprint density at radius 3 is 2.37 bits per heavy atom. The van der Waals surface area contributed by atoms with Gasteiger partial charge in [-0.05, 0) is 62.9 Å². The Morgan fingerprint density at radius 1 is 0.900 bits per heavy atom. The molecule has 0 bridgehead atoms. The standard InChI is InChI=1S/C26H30N2O2/c1-4-30-24-10-8-9-23(26(24)28-17-6-5-7-18-28)25-22(16-11-19(2)27-25)20-12-14-21(29-3)15-13-20/h8-16H,4-7,17-18H2,1-3H3. The Kier molecular flexibility index (Phi) is 6.22. The third-order valence-corrected chi connectivity index (χ3v) is 5.66. The molecular weight excluding hydrogens is 372 g/mol. The Labute approximate surface area is 179 Å². The highest BCUT2D eigenvalue weighted by Gasteiger charge is 2.22. The second-order valence-corrected chi connectivity index (χ2v) is 7.71. The molecule has 3 aromatic rings. The Balaban J connectivity index is 1.89. The first kappa shape index (κ1) is 20.3. The number of ether oxygens (including phenoxy) is 2. The summed E-state index contributed by atoms with van der Waals surface area (Å²) in [7, 11) is 1.69. The molecule has 0 atom stereocenters. The first-order chi connectivity index (χ1) is 14.7. The van der Waals surface area contributed by atoms with Gasteiger partial charge in [0.05, 0.1) is 25.1 Å². The Bertz CT molecular complexity index is 992. The summed E-state index contributed by atoms with van der Waals surface area (Å²) in [5, 5.41) is 0. The number of pyridine rings is 1. The van der Waals surface area contributed by atoms with Gasteiger partial charge in [0.15, 0.2) is 0 Å². The number of nitrogens with zero attached hydrogens (tertiary/aromatic N) is 2. The van der Waals surface area contributed by atoms with E-state index < -0.39 is 0 Å². The van der Waals surface area contributed by atoms with Crippen molar-refractivity contribution in [3.8, 4) is 33.9 Å². The van der Waals surface area contributed by atoms with Gasteiger partial charge in [-0.1, -0.05) is 30.3 Å². The minimum atomic E-state index is 0.650. The molecule has 1 aromatic heterocycles. The van der Waals surface area contributed by atoms with Gasteiger partial charge in [-0.2, -0.15) is 0 Å². The summed E-state index contributed by atoms with van der Waals surface area (Å²) in [6.07, 6.45) is 3.72. The lowest BCUT2D eigenvalue weighted by atomic mass is 9.96. The molecule has 156 valence electrons. The van der Waals surface area contributed by atoms with E-state index in [4.69, 9.17) is 14.5 Å². The highest BCUT2D eigenvalue weighted by Crippen LogP contribution is 2.42. The van der Waals surface area contributed by atoms with Crippen molar-refractivity contribution in [2.45, 2.75) is 33.1 Å². The topological polar surface area (TPSA) is 34.6 Å². The van der Waals surface area contributed by atoms with Crippen molar-refractivity contribution in [3.63, 3.8) is 0 Å². The van der Waals surface area contributed by atoms with Crippen LogP contribution in [0.15, 0.2) is 54.6 Å². The lowest BCUT2D eigenvalue weighted by molar-refractivity contribution is 0.340. The molecule has 0 unspecified atom stereocenters. The van der Waals surface area contributed by atoms with E-state index >= 15 is 0 Å². The molecule has 30 heavy (non-hydrogen) atoms. The van der Waals surface area contributed by atoms with Crippen LogP contribution in [0.25, 0.3) is 22.4 Å². The first-order valence-corrected chi connectivity index (χ1v) is 10.8. The maximum absolute atomic E-state index is 6.07. The van der Waals surface area contributed by atoms with Crippen LogP contribution in [-0.4, -0.2) is 31.8 Å². The zero-order chi connectivity index (χ0) is 20.9. The zero-order valence-electron chi connectivity index (χ0n) is 18.1. The van der Waals surface area contributed by atoms with Crippen molar-refractivity contribution >= 4 is 5.69 Å². The van der Waals surface area contributed by atoms with Gasteiger partial charge in [-0.25, -0.2) is 0 Å². The number of aryl methyl sites for hydroxylation is 1. The molecule has 1 fully saturated rings. The lowest BCUT2D eigenvalue weighted by Gasteiger charge is -2.32. The molecule has 0 radical (unpaired) electrons. The number of hydrogen-bond acceptors (Lipinski definition) is 4. The number of aromatic nitrogens is 1. The largest absolute Gasteiger partial charge is 0.497 e. The van der Waals surface area contributed by atoms with Crippen LogP contribution in [0.4, 0.5) is 5.69 Å². The van der Waals surface area contributed by atoms with Gasteiger partial charge in [0, 0.05) is 29.9 Å². The van der Waals surface area contributed by atoms with Crippen molar-refractivity contribution < 1.29 is 9.47 Å². The average Bonchev–Trinajstić information content (AvgIpc) is 2.80. The third kappa shape index (κ3) is 4.13. The molecule has 2 aromatic carbocycles. The van der Waals surface area contributed by atoms with E-state index in [2.05, 4.69) is 47.4 Å². The maximum atomic E-state index is 6.07. The van der Waals surface area contributed by atoms with Crippen LogP contribution in [-0.2, 0) is 0 Å². The van der Waals surface area contributed by atoms with Gasteiger partial charge >= 0.3 is 0 Å². The van der Waals surface area contributed by atoms with Crippen LogP contribution in [0.1, 0.15) is 31.9 Å². The van der Waals surface area contributed by atoms with Gasteiger partial charge in [0.1, 0.15) is 11.5 Å². The Hall–Kier alpha value is -3.01. The van der Waals surface area contributed by atoms with Crippen LogP contribution < -0.4 is 14.4 Å². The van der Waals surface area contributed by atoms with Crippen molar-refractivity contribution in [1.29, 1.82) is 0 Å². The number of hydrogen-bond donors (Lipinski definition) is 0. The number of benzene rings is 2. The fourth-order valence-corrected chi connectivity index (χ4v) is 4.19. The molecule has 0 amide bonds. The van der Waals surface area contributed by atoms with Gasteiger partial charge in [0.2, 0.25) is 0 Å². The fraction of sp³-hybridized carbons (Fsp3) is 0.346. The minimum absolute atomic E-state index is 0.650. The van der Waals surface area contributed by atoms with E-state index in [-0.39, 0.29) is 0 Å². The molecule has 4 heteroatoms. The molecule has 0 spiro atoms. The van der Waals surface area contributed by atoms with Gasteiger partial charge in [0.25, 0.3) is 0 Å². The number of rotatable bonds is 6. The summed E-state index contributed by atoms with van der Waals surface area (Å²) in [5.41, 5.74) is 6.57. The van der Waals surface area contributed by atoms with Crippen LogP contribution in [0, 0.1) is 6.92 Å². The van der Waals surface area contributed by atoms with Crippen molar-refractivity contribution in [1.82, 2.24) is 4.98 Å². The summed E-state index contributed by atoms with van der Waals surface area (Å²) in [4.78, 5) is 7.48. The normalized spacial score (nSPS) is 13.9. The van der Waals surface area contributed by atoms with E-state index in [0.29, 0.717) is 6.61 Å². The Morgan fingerprint density at radius 2 is 1.67 bits per heavy atom. The number of para-hydroxylation sites is 1. The predicted octanol–water partition coefficient (Wildman–Crippen LogP) is 6.12. The molecule has 2 heterocycles. The molecule has 4 nitrogen and oxygen atoms in total. The summed E-state index contributed by atoms with van der Waals surface area (Å²) in [5.74, 6) is 1.80. The SMILES string of the molecule is CCOc1cccc(-c2nc(C)ccc2-c2ccc(OC)cc2)c1N1CCCCC1. The number of methoxy groups -OCH3 is 1. The smallest absolute Gasteiger partial charge is 0.143 e.